The highest BCUT2D eigenvalue weighted by Crippen LogP contribution is 2.43. The van der Waals surface area contributed by atoms with Crippen LogP contribution in [0.25, 0.3) is 0 Å². The fraction of sp³-hybridized carbons (Fsp3) is 0.893. The SMILES string of the molecule is CCCCCCCCCCCCCCCC/C=C/CC/C=C/CCCC(=O)O[C@H](COC(=O)CCCCCCCCCCCCCCCCCCCCCCCC)COP(=O)(O)OCCN. The van der Waals surface area contributed by atoms with E-state index in [1.54, 1.807) is 0 Å². The average Bonchev–Trinajstić information content (AvgIpc) is 3.31. The summed E-state index contributed by atoms with van der Waals surface area (Å²) in [4.78, 5) is 35.1. The van der Waals surface area contributed by atoms with Crippen LogP contribution < -0.4 is 5.73 Å². The van der Waals surface area contributed by atoms with Crippen LogP contribution >= 0.6 is 7.82 Å². The second kappa shape index (κ2) is 52.9. The Hall–Kier alpha value is -1.51. The topological polar surface area (TPSA) is 134 Å². The third kappa shape index (κ3) is 51.9. The summed E-state index contributed by atoms with van der Waals surface area (Å²) in [6.45, 7) is 3.76. The number of rotatable bonds is 54. The zero-order valence-electron chi connectivity index (χ0n) is 43.5. The number of ether oxygens (including phenoxy) is 2. The van der Waals surface area contributed by atoms with Gasteiger partial charge >= 0.3 is 19.8 Å². The molecule has 0 rings (SSSR count). The first kappa shape index (κ1) is 64.5. The van der Waals surface area contributed by atoms with Gasteiger partial charge in [-0.3, -0.25) is 18.6 Å². The smallest absolute Gasteiger partial charge is 0.462 e. The third-order valence-electron chi connectivity index (χ3n) is 12.6. The summed E-state index contributed by atoms with van der Waals surface area (Å²) >= 11 is 0. The highest BCUT2D eigenvalue weighted by molar-refractivity contribution is 7.47. The van der Waals surface area contributed by atoms with Gasteiger partial charge in [0, 0.05) is 19.4 Å². The predicted molar refractivity (Wildman–Crippen MR) is 280 cm³/mol. The summed E-state index contributed by atoms with van der Waals surface area (Å²) in [5, 5.41) is 0. The molecule has 9 nitrogen and oxygen atoms in total. The number of unbranched alkanes of at least 4 members (excludes halogenated alkanes) is 37. The van der Waals surface area contributed by atoms with E-state index in [2.05, 4.69) is 38.2 Å². The van der Waals surface area contributed by atoms with Crippen molar-refractivity contribution < 1.29 is 37.6 Å². The van der Waals surface area contributed by atoms with E-state index in [0.717, 1.165) is 44.9 Å². The molecular weight excluding hydrogens is 846 g/mol. The van der Waals surface area contributed by atoms with Crippen molar-refractivity contribution in [3.8, 4) is 0 Å². The molecule has 0 saturated heterocycles. The fourth-order valence-electron chi connectivity index (χ4n) is 8.36. The predicted octanol–water partition coefficient (Wildman–Crippen LogP) is 17.5. The van der Waals surface area contributed by atoms with E-state index in [0.29, 0.717) is 6.42 Å². The molecule has 0 aromatic carbocycles. The monoisotopic (exact) mass is 954 g/mol. The first-order chi connectivity index (χ1) is 32.3. The van der Waals surface area contributed by atoms with Crippen molar-refractivity contribution in [3.05, 3.63) is 24.3 Å². The number of phosphoric acid groups is 1. The van der Waals surface area contributed by atoms with Gasteiger partial charge in [0.05, 0.1) is 13.2 Å². The van der Waals surface area contributed by atoms with Gasteiger partial charge in [-0.1, -0.05) is 256 Å². The molecule has 3 N–H and O–H groups in total. The molecule has 0 spiro atoms. The maximum absolute atomic E-state index is 12.7. The lowest BCUT2D eigenvalue weighted by Gasteiger charge is -2.19. The standard InChI is InChI=1S/C56H108NO8P/c1-3-5-7-9-11-13-15-17-19-21-23-25-27-29-31-33-35-37-39-41-43-45-47-49-56(59)65-54(53-64-66(60,61)63-51-50-57)52-62-55(58)48-46-44-42-40-38-36-34-32-30-28-26-24-22-20-18-16-14-12-10-8-6-4-2/h33,35,41,43,54H,3-32,34,36-40,42,44-53,57H2,1-2H3,(H,60,61)/b35-33+,43-41+/t54-/m1/s1. The van der Waals surface area contributed by atoms with Crippen molar-refractivity contribution in [2.24, 2.45) is 5.73 Å². The maximum atomic E-state index is 12.7. The average molecular weight is 954 g/mol. The minimum Gasteiger partial charge on any atom is -0.462 e. The first-order valence-electron chi connectivity index (χ1n) is 28.3. The molecule has 0 aliphatic carbocycles. The molecule has 0 bridgehead atoms. The molecule has 0 radical (unpaired) electrons. The molecule has 0 aromatic rings. The van der Waals surface area contributed by atoms with E-state index in [-0.39, 0.29) is 38.6 Å². The van der Waals surface area contributed by atoms with Gasteiger partial charge in [0.2, 0.25) is 0 Å². The quantitative estimate of drug-likeness (QED) is 0.0264. The molecule has 10 heteroatoms. The Morgan fingerprint density at radius 3 is 1.17 bits per heavy atom. The molecule has 0 amide bonds. The third-order valence-corrected chi connectivity index (χ3v) is 13.6. The van der Waals surface area contributed by atoms with Crippen LogP contribution in [0, 0.1) is 0 Å². The second-order valence-electron chi connectivity index (χ2n) is 19.2. The van der Waals surface area contributed by atoms with Gasteiger partial charge in [-0.05, 0) is 44.9 Å². The van der Waals surface area contributed by atoms with Gasteiger partial charge in [-0.15, -0.1) is 0 Å². The summed E-state index contributed by atoms with van der Waals surface area (Å²) in [6, 6.07) is 0. The molecule has 390 valence electrons. The Bertz CT molecular complexity index is 1130. The molecule has 1 unspecified atom stereocenters. The molecular formula is C56H108NO8P. The van der Waals surface area contributed by atoms with E-state index in [4.69, 9.17) is 24.3 Å². The highest BCUT2D eigenvalue weighted by Gasteiger charge is 2.26. The summed E-state index contributed by atoms with van der Waals surface area (Å²) in [6.07, 6.45) is 61.0. The zero-order valence-corrected chi connectivity index (χ0v) is 44.3. The van der Waals surface area contributed by atoms with Crippen LogP contribution in [0.1, 0.15) is 290 Å². The zero-order chi connectivity index (χ0) is 48.1. The van der Waals surface area contributed by atoms with Gasteiger partial charge < -0.3 is 20.1 Å². The van der Waals surface area contributed by atoms with Crippen LogP contribution in [0.5, 0.6) is 0 Å². The number of phosphoric ester groups is 1. The minimum atomic E-state index is -4.39. The second-order valence-corrected chi connectivity index (χ2v) is 20.6. The van der Waals surface area contributed by atoms with Gasteiger partial charge in [-0.25, -0.2) is 4.57 Å². The molecule has 0 aliphatic rings. The van der Waals surface area contributed by atoms with Crippen molar-refractivity contribution in [3.63, 3.8) is 0 Å². The van der Waals surface area contributed by atoms with Crippen LogP contribution in [0.3, 0.4) is 0 Å². The van der Waals surface area contributed by atoms with E-state index in [1.165, 1.54) is 212 Å². The van der Waals surface area contributed by atoms with Gasteiger partial charge in [0.1, 0.15) is 6.61 Å². The van der Waals surface area contributed by atoms with Gasteiger partial charge in [0.15, 0.2) is 6.10 Å². The fourth-order valence-corrected chi connectivity index (χ4v) is 9.13. The van der Waals surface area contributed by atoms with E-state index in [9.17, 15) is 19.0 Å². The summed E-state index contributed by atoms with van der Waals surface area (Å²) in [5.41, 5.74) is 5.37. The number of hydrogen-bond donors (Lipinski definition) is 2. The van der Waals surface area contributed by atoms with Gasteiger partial charge in [-0.2, -0.15) is 0 Å². The molecule has 0 heterocycles. The lowest BCUT2D eigenvalue weighted by atomic mass is 10.0. The highest BCUT2D eigenvalue weighted by atomic mass is 31.2. The molecule has 2 atom stereocenters. The number of allylic oxidation sites excluding steroid dienone is 4. The van der Waals surface area contributed by atoms with Crippen LogP contribution in [0.4, 0.5) is 0 Å². The Kier molecular flexibility index (Phi) is 51.6. The number of hydrogen-bond acceptors (Lipinski definition) is 8. The molecule has 0 saturated carbocycles. The molecule has 0 aromatic heterocycles. The van der Waals surface area contributed by atoms with E-state index >= 15 is 0 Å². The number of carbonyl (C=O) groups is 2. The van der Waals surface area contributed by atoms with Crippen molar-refractivity contribution >= 4 is 19.8 Å². The maximum Gasteiger partial charge on any atom is 0.472 e. The Morgan fingerprint density at radius 1 is 0.439 bits per heavy atom. The number of nitrogens with two attached hydrogens (primary N) is 1. The van der Waals surface area contributed by atoms with Crippen molar-refractivity contribution in [2.45, 2.75) is 296 Å². The lowest BCUT2D eigenvalue weighted by Crippen LogP contribution is -2.29. The van der Waals surface area contributed by atoms with Crippen molar-refractivity contribution in [1.29, 1.82) is 0 Å². The number of carbonyl (C=O) groups excluding carboxylic acids is 2. The van der Waals surface area contributed by atoms with Gasteiger partial charge in [0.25, 0.3) is 0 Å². The van der Waals surface area contributed by atoms with Crippen LogP contribution in [0.2, 0.25) is 0 Å². The van der Waals surface area contributed by atoms with Crippen LogP contribution in [0.15, 0.2) is 24.3 Å². The molecule has 0 fully saturated rings. The largest absolute Gasteiger partial charge is 0.472 e. The normalized spacial score (nSPS) is 13.2. The molecule has 66 heavy (non-hydrogen) atoms. The first-order valence-corrected chi connectivity index (χ1v) is 29.8. The van der Waals surface area contributed by atoms with E-state index < -0.39 is 26.5 Å². The summed E-state index contributed by atoms with van der Waals surface area (Å²) < 4.78 is 33.0. The Labute approximate surface area is 408 Å². The van der Waals surface area contributed by atoms with E-state index in [1.807, 2.05) is 0 Å². The van der Waals surface area contributed by atoms with Crippen molar-refractivity contribution in [2.75, 3.05) is 26.4 Å². The summed E-state index contributed by atoms with van der Waals surface area (Å²) in [5.74, 6) is -0.861. The number of esters is 2. The molecule has 0 aliphatic heterocycles. The van der Waals surface area contributed by atoms with Crippen LogP contribution in [-0.4, -0.2) is 49.3 Å². The summed E-state index contributed by atoms with van der Waals surface area (Å²) in [7, 11) is -4.39. The minimum absolute atomic E-state index is 0.0498. The Morgan fingerprint density at radius 2 is 0.773 bits per heavy atom. The Balaban J connectivity index is 4.01. The van der Waals surface area contributed by atoms with Crippen LogP contribution in [-0.2, 0) is 32.7 Å². The van der Waals surface area contributed by atoms with Crippen molar-refractivity contribution in [1.82, 2.24) is 0 Å². The lowest BCUT2D eigenvalue weighted by molar-refractivity contribution is -0.161.